The molecule has 0 unspecified atom stereocenters. The van der Waals surface area contributed by atoms with Gasteiger partial charge >= 0.3 is 0 Å². The molecule has 11 heteroatoms. The Morgan fingerprint density at radius 1 is 1.12 bits per heavy atom. The van der Waals surface area contributed by atoms with E-state index in [1.54, 1.807) is 23.8 Å². The van der Waals surface area contributed by atoms with Crippen molar-refractivity contribution in [1.29, 1.82) is 0 Å². The maximum atomic E-state index is 12.2. The molecule has 0 spiro atoms. The van der Waals surface area contributed by atoms with Gasteiger partial charge in [0.15, 0.2) is 11.5 Å². The summed E-state index contributed by atoms with van der Waals surface area (Å²) in [4.78, 5) is 28.5. The standard InChI is InChI=1S/C23H25N7O4/c1-15(2)18-12-22(32)29(14-25-18)13-20(31)24-10-11-34-21-9-8-19-26-27-23(30(19)28-21)16-4-6-17(33-3)7-5-16/h4-9,12,14-15H,10-11,13H2,1-3H3,(H,24,31). The summed E-state index contributed by atoms with van der Waals surface area (Å²) >= 11 is 0. The normalized spacial score (nSPS) is 11.1. The van der Waals surface area contributed by atoms with Crippen LogP contribution in [0.1, 0.15) is 25.5 Å². The number of fused-ring (bicyclic) bond motifs is 1. The number of ether oxygens (including phenoxy) is 2. The second-order valence-electron chi connectivity index (χ2n) is 7.83. The summed E-state index contributed by atoms with van der Waals surface area (Å²) in [5, 5.41) is 15.5. The highest BCUT2D eigenvalue weighted by molar-refractivity contribution is 5.75. The summed E-state index contributed by atoms with van der Waals surface area (Å²) < 4.78 is 13.7. The number of benzene rings is 1. The van der Waals surface area contributed by atoms with Crippen LogP contribution in [0.15, 0.2) is 53.6 Å². The molecule has 4 rings (SSSR count). The molecule has 34 heavy (non-hydrogen) atoms. The van der Waals surface area contributed by atoms with E-state index in [4.69, 9.17) is 9.47 Å². The predicted molar refractivity (Wildman–Crippen MR) is 124 cm³/mol. The number of hydrogen-bond donors (Lipinski definition) is 1. The van der Waals surface area contributed by atoms with E-state index in [2.05, 4.69) is 25.6 Å². The number of hydrogen-bond acceptors (Lipinski definition) is 8. The van der Waals surface area contributed by atoms with Crippen LogP contribution < -0.4 is 20.3 Å². The lowest BCUT2D eigenvalue weighted by Gasteiger charge is -2.10. The third-order valence-electron chi connectivity index (χ3n) is 5.07. The molecular formula is C23H25N7O4. The zero-order valence-electron chi connectivity index (χ0n) is 19.1. The zero-order chi connectivity index (χ0) is 24.1. The van der Waals surface area contributed by atoms with Crippen LogP contribution in [0.4, 0.5) is 0 Å². The highest BCUT2D eigenvalue weighted by atomic mass is 16.5. The summed E-state index contributed by atoms with van der Waals surface area (Å²) in [5.41, 5.74) is 1.84. The van der Waals surface area contributed by atoms with Crippen LogP contribution in [0.5, 0.6) is 11.6 Å². The molecule has 1 aromatic carbocycles. The summed E-state index contributed by atoms with van der Waals surface area (Å²) in [6, 6.07) is 12.3. The Kier molecular flexibility index (Phi) is 6.81. The number of nitrogens with one attached hydrogen (secondary N) is 1. The van der Waals surface area contributed by atoms with E-state index in [-0.39, 0.29) is 37.1 Å². The van der Waals surface area contributed by atoms with Crippen molar-refractivity contribution >= 4 is 11.6 Å². The molecule has 11 nitrogen and oxygen atoms in total. The third-order valence-corrected chi connectivity index (χ3v) is 5.07. The van der Waals surface area contributed by atoms with E-state index in [1.165, 1.54) is 17.0 Å². The Labute approximate surface area is 195 Å². The van der Waals surface area contributed by atoms with Crippen molar-refractivity contribution in [2.45, 2.75) is 26.3 Å². The van der Waals surface area contributed by atoms with Gasteiger partial charge in [0.1, 0.15) is 18.9 Å². The molecule has 1 amide bonds. The molecule has 1 N–H and O–H groups in total. The number of methoxy groups -OCH3 is 1. The summed E-state index contributed by atoms with van der Waals surface area (Å²) in [6.45, 7) is 4.24. The van der Waals surface area contributed by atoms with Crippen LogP contribution in [0.25, 0.3) is 17.0 Å². The Morgan fingerprint density at radius 2 is 1.91 bits per heavy atom. The molecule has 4 aromatic rings. The van der Waals surface area contributed by atoms with Gasteiger partial charge in [-0.3, -0.25) is 14.2 Å². The number of carbonyl (C=O) groups excluding carboxylic acids is 1. The van der Waals surface area contributed by atoms with E-state index in [0.29, 0.717) is 23.0 Å². The van der Waals surface area contributed by atoms with E-state index < -0.39 is 0 Å². The molecule has 3 aromatic heterocycles. The maximum absolute atomic E-state index is 12.2. The minimum absolute atomic E-state index is 0.111. The quantitative estimate of drug-likeness (QED) is 0.372. The monoisotopic (exact) mass is 463 g/mol. The first-order valence-electron chi connectivity index (χ1n) is 10.8. The van der Waals surface area contributed by atoms with Crippen LogP contribution in [0.2, 0.25) is 0 Å². The van der Waals surface area contributed by atoms with Gasteiger partial charge in [0.25, 0.3) is 5.56 Å². The van der Waals surface area contributed by atoms with Crippen LogP contribution in [-0.2, 0) is 11.3 Å². The molecular weight excluding hydrogens is 438 g/mol. The van der Waals surface area contributed by atoms with Crippen LogP contribution in [0.3, 0.4) is 0 Å². The van der Waals surface area contributed by atoms with Crippen molar-refractivity contribution in [2.24, 2.45) is 0 Å². The van der Waals surface area contributed by atoms with Crippen LogP contribution in [-0.4, -0.2) is 55.5 Å². The zero-order valence-corrected chi connectivity index (χ0v) is 19.1. The third kappa shape index (κ3) is 5.20. The van der Waals surface area contributed by atoms with Crippen molar-refractivity contribution in [3.8, 4) is 23.0 Å². The number of carbonyl (C=O) groups is 1. The molecule has 3 heterocycles. The van der Waals surface area contributed by atoms with Crippen molar-refractivity contribution in [3.05, 3.63) is 64.8 Å². The molecule has 0 saturated carbocycles. The molecule has 0 aliphatic rings. The predicted octanol–water partition coefficient (Wildman–Crippen LogP) is 1.68. The van der Waals surface area contributed by atoms with Crippen LogP contribution >= 0.6 is 0 Å². The highest BCUT2D eigenvalue weighted by Gasteiger charge is 2.11. The van der Waals surface area contributed by atoms with Gasteiger partial charge < -0.3 is 14.8 Å². The first-order chi connectivity index (χ1) is 16.4. The average Bonchev–Trinajstić information content (AvgIpc) is 3.26. The number of amides is 1. The van der Waals surface area contributed by atoms with Crippen molar-refractivity contribution in [3.63, 3.8) is 0 Å². The van der Waals surface area contributed by atoms with Gasteiger partial charge in [0.2, 0.25) is 11.8 Å². The Morgan fingerprint density at radius 3 is 2.62 bits per heavy atom. The molecule has 0 bridgehead atoms. The highest BCUT2D eigenvalue weighted by Crippen LogP contribution is 2.21. The van der Waals surface area contributed by atoms with Gasteiger partial charge in [-0.25, -0.2) is 4.98 Å². The Bertz CT molecular complexity index is 1350. The fraction of sp³-hybridized carbons (Fsp3) is 0.304. The summed E-state index contributed by atoms with van der Waals surface area (Å²) in [5.74, 6) is 1.51. The molecule has 0 aliphatic carbocycles. The van der Waals surface area contributed by atoms with E-state index >= 15 is 0 Å². The largest absolute Gasteiger partial charge is 0.497 e. The van der Waals surface area contributed by atoms with E-state index in [0.717, 1.165) is 11.3 Å². The second-order valence-corrected chi connectivity index (χ2v) is 7.83. The first-order valence-corrected chi connectivity index (χ1v) is 10.8. The average molecular weight is 463 g/mol. The Balaban J connectivity index is 1.33. The first kappa shape index (κ1) is 22.9. The number of aromatic nitrogens is 6. The van der Waals surface area contributed by atoms with E-state index in [1.807, 2.05) is 38.1 Å². The van der Waals surface area contributed by atoms with Crippen molar-refractivity contribution in [2.75, 3.05) is 20.3 Å². The molecule has 176 valence electrons. The number of rotatable bonds is 9. The molecule has 0 atom stereocenters. The van der Waals surface area contributed by atoms with Crippen LogP contribution in [0, 0.1) is 0 Å². The molecule has 0 radical (unpaired) electrons. The SMILES string of the molecule is COc1ccc(-c2nnc3ccc(OCCNC(=O)Cn4cnc(C(C)C)cc4=O)nn23)cc1. The van der Waals surface area contributed by atoms with Gasteiger partial charge in [-0.2, -0.15) is 4.52 Å². The second kappa shape index (κ2) is 10.1. The summed E-state index contributed by atoms with van der Waals surface area (Å²) in [7, 11) is 1.61. The van der Waals surface area contributed by atoms with Gasteiger partial charge in [0, 0.05) is 17.7 Å². The van der Waals surface area contributed by atoms with E-state index in [9.17, 15) is 9.59 Å². The topological polar surface area (TPSA) is 126 Å². The van der Waals surface area contributed by atoms with Gasteiger partial charge in [-0.15, -0.1) is 15.3 Å². The fourth-order valence-electron chi connectivity index (χ4n) is 3.20. The lowest BCUT2D eigenvalue weighted by atomic mass is 10.1. The smallest absolute Gasteiger partial charge is 0.254 e. The summed E-state index contributed by atoms with van der Waals surface area (Å²) in [6.07, 6.45) is 1.40. The minimum atomic E-state index is -0.311. The molecule has 0 saturated heterocycles. The number of nitrogens with zero attached hydrogens (tertiary/aromatic N) is 6. The van der Waals surface area contributed by atoms with Crippen molar-refractivity contribution in [1.82, 2.24) is 34.7 Å². The lowest BCUT2D eigenvalue weighted by Crippen LogP contribution is -2.34. The molecule has 0 aliphatic heterocycles. The minimum Gasteiger partial charge on any atom is -0.497 e. The lowest BCUT2D eigenvalue weighted by molar-refractivity contribution is -0.121. The maximum Gasteiger partial charge on any atom is 0.254 e. The fourth-order valence-corrected chi connectivity index (χ4v) is 3.20. The van der Waals surface area contributed by atoms with Crippen molar-refractivity contribution < 1.29 is 14.3 Å². The van der Waals surface area contributed by atoms with Gasteiger partial charge in [-0.1, -0.05) is 13.8 Å². The van der Waals surface area contributed by atoms with Gasteiger partial charge in [-0.05, 0) is 36.2 Å². The molecule has 0 fully saturated rings. The van der Waals surface area contributed by atoms with Gasteiger partial charge in [0.05, 0.1) is 25.7 Å². The Hall–Kier alpha value is -4.28.